The van der Waals surface area contributed by atoms with Crippen molar-refractivity contribution in [3.05, 3.63) is 46.8 Å². The summed E-state index contributed by atoms with van der Waals surface area (Å²) in [5.41, 5.74) is 9.64. The molecule has 0 amide bonds. The highest BCUT2D eigenvalue weighted by atomic mass is 16.5. The number of nitrogens with zero attached hydrogens (tertiary/aromatic N) is 2. The van der Waals surface area contributed by atoms with Crippen LogP contribution in [0.5, 0.6) is 0 Å². The first-order chi connectivity index (χ1) is 10.0. The van der Waals surface area contributed by atoms with E-state index in [0.29, 0.717) is 11.3 Å². The molecule has 2 aromatic rings. The topological polar surface area (TPSA) is 70.1 Å². The van der Waals surface area contributed by atoms with Crippen LogP contribution in [0.2, 0.25) is 0 Å². The molecule has 0 spiro atoms. The molecule has 1 heterocycles. The molecule has 0 bridgehead atoms. The first-order valence-electron chi connectivity index (χ1n) is 7.13. The summed E-state index contributed by atoms with van der Waals surface area (Å²) < 4.78 is 7.23. The lowest BCUT2D eigenvalue weighted by Gasteiger charge is -2.07. The third-order valence-corrected chi connectivity index (χ3v) is 3.26. The van der Waals surface area contributed by atoms with Crippen molar-refractivity contribution in [1.29, 1.82) is 0 Å². The molecule has 0 unspecified atom stereocenters. The predicted octanol–water partition coefficient (Wildman–Crippen LogP) is 2.71. The van der Waals surface area contributed by atoms with Crippen LogP contribution in [-0.4, -0.2) is 15.7 Å². The average Bonchev–Trinajstić information content (AvgIpc) is 2.86. The number of nitrogen functional groups attached to an aromatic ring is 1. The zero-order valence-corrected chi connectivity index (χ0v) is 12.7. The van der Waals surface area contributed by atoms with E-state index in [2.05, 4.69) is 5.10 Å². The highest BCUT2D eigenvalue weighted by Crippen LogP contribution is 2.14. The Balaban J connectivity index is 2.08. The van der Waals surface area contributed by atoms with Gasteiger partial charge in [-0.15, -0.1) is 0 Å². The van der Waals surface area contributed by atoms with Crippen LogP contribution in [0.4, 0.5) is 5.69 Å². The van der Waals surface area contributed by atoms with Gasteiger partial charge in [-0.05, 0) is 50.1 Å². The van der Waals surface area contributed by atoms with E-state index in [1.165, 1.54) is 0 Å². The molecule has 21 heavy (non-hydrogen) atoms. The highest BCUT2D eigenvalue weighted by molar-refractivity contribution is 5.90. The fourth-order valence-electron chi connectivity index (χ4n) is 2.23. The van der Waals surface area contributed by atoms with Gasteiger partial charge < -0.3 is 10.5 Å². The van der Waals surface area contributed by atoms with Crippen molar-refractivity contribution in [1.82, 2.24) is 9.78 Å². The number of ether oxygens (including phenoxy) is 1. The first kappa shape index (κ1) is 15.1. The summed E-state index contributed by atoms with van der Waals surface area (Å²) in [6, 6.07) is 7.19. The number of nitrogens with two attached hydrogens (primary N) is 1. The van der Waals surface area contributed by atoms with Crippen molar-refractivity contribution < 1.29 is 9.53 Å². The average molecular weight is 287 g/mol. The van der Waals surface area contributed by atoms with Gasteiger partial charge in [-0.2, -0.15) is 5.10 Å². The minimum absolute atomic E-state index is 0.216. The number of carbonyl (C=O) groups excluding carboxylic acids is 1. The second kappa shape index (κ2) is 6.43. The fourth-order valence-corrected chi connectivity index (χ4v) is 2.23. The maximum absolute atomic E-state index is 12.1. The van der Waals surface area contributed by atoms with E-state index in [0.717, 1.165) is 29.9 Å². The molecule has 0 aliphatic rings. The van der Waals surface area contributed by atoms with E-state index in [1.54, 1.807) is 12.1 Å². The van der Waals surface area contributed by atoms with Gasteiger partial charge in [0, 0.05) is 12.2 Å². The molecule has 0 aliphatic carbocycles. The van der Waals surface area contributed by atoms with Crippen LogP contribution < -0.4 is 5.73 Å². The molecule has 0 saturated carbocycles. The highest BCUT2D eigenvalue weighted by Gasteiger charge is 2.11. The van der Waals surface area contributed by atoms with E-state index in [-0.39, 0.29) is 12.6 Å². The first-order valence-corrected chi connectivity index (χ1v) is 7.13. The van der Waals surface area contributed by atoms with Gasteiger partial charge in [-0.1, -0.05) is 6.92 Å². The fraction of sp³-hybridized carbons (Fsp3) is 0.375. The summed E-state index contributed by atoms with van der Waals surface area (Å²) in [7, 11) is 0. The van der Waals surface area contributed by atoms with Crippen molar-refractivity contribution in [3.8, 4) is 0 Å². The van der Waals surface area contributed by atoms with Crippen LogP contribution in [0.25, 0.3) is 0 Å². The number of benzene rings is 1. The van der Waals surface area contributed by atoms with Crippen molar-refractivity contribution >= 4 is 11.7 Å². The molecule has 5 nitrogen and oxygen atoms in total. The SMILES string of the molecule is CCc1cc(COC(=O)c2cc(C)cc(N)c2)n(CC)n1. The summed E-state index contributed by atoms with van der Waals surface area (Å²) in [6.07, 6.45) is 0.863. The van der Waals surface area contributed by atoms with E-state index in [1.807, 2.05) is 37.6 Å². The van der Waals surface area contributed by atoms with E-state index in [4.69, 9.17) is 10.5 Å². The summed E-state index contributed by atoms with van der Waals surface area (Å²) >= 11 is 0. The third kappa shape index (κ3) is 3.62. The summed E-state index contributed by atoms with van der Waals surface area (Å²) in [4.78, 5) is 12.1. The second-order valence-electron chi connectivity index (χ2n) is 5.00. The lowest BCUT2D eigenvalue weighted by atomic mass is 10.1. The molecule has 0 fully saturated rings. The van der Waals surface area contributed by atoms with E-state index >= 15 is 0 Å². The lowest BCUT2D eigenvalue weighted by molar-refractivity contribution is 0.0462. The molecule has 0 atom stereocenters. The van der Waals surface area contributed by atoms with Crippen LogP contribution in [0.15, 0.2) is 24.3 Å². The number of carbonyl (C=O) groups is 1. The molecule has 2 rings (SSSR count). The minimum atomic E-state index is -0.368. The number of hydrogen-bond acceptors (Lipinski definition) is 4. The Hall–Kier alpha value is -2.30. The lowest BCUT2D eigenvalue weighted by Crippen LogP contribution is -2.10. The zero-order valence-electron chi connectivity index (χ0n) is 12.7. The number of rotatable bonds is 5. The quantitative estimate of drug-likeness (QED) is 0.678. The van der Waals surface area contributed by atoms with Crippen LogP contribution in [0, 0.1) is 6.92 Å². The molecule has 1 aromatic carbocycles. The number of aryl methyl sites for hydroxylation is 3. The van der Waals surface area contributed by atoms with Gasteiger partial charge in [0.15, 0.2) is 0 Å². The minimum Gasteiger partial charge on any atom is -0.456 e. The van der Waals surface area contributed by atoms with E-state index in [9.17, 15) is 4.79 Å². The molecule has 0 aliphatic heterocycles. The Morgan fingerprint density at radius 3 is 2.67 bits per heavy atom. The largest absolute Gasteiger partial charge is 0.456 e. The molecule has 112 valence electrons. The molecular formula is C16H21N3O2. The van der Waals surface area contributed by atoms with Crippen molar-refractivity contribution in [2.24, 2.45) is 0 Å². The molecule has 0 saturated heterocycles. The maximum Gasteiger partial charge on any atom is 0.338 e. The monoisotopic (exact) mass is 287 g/mol. The Labute approximate surface area is 124 Å². The van der Waals surface area contributed by atoms with Crippen LogP contribution in [0.3, 0.4) is 0 Å². The predicted molar refractivity (Wildman–Crippen MR) is 82.0 cm³/mol. The van der Waals surface area contributed by atoms with E-state index < -0.39 is 0 Å². The van der Waals surface area contributed by atoms with Gasteiger partial charge in [0.25, 0.3) is 0 Å². The summed E-state index contributed by atoms with van der Waals surface area (Å²) in [6.45, 7) is 6.93. The summed E-state index contributed by atoms with van der Waals surface area (Å²) in [5.74, 6) is -0.368. The maximum atomic E-state index is 12.1. The van der Waals surface area contributed by atoms with Gasteiger partial charge in [-0.25, -0.2) is 4.79 Å². The second-order valence-corrected chi connectivity index (χ2v) is 5.00. The molecular weight excluding hydrogens is 266 g/mol. The Bertz CT molecular complexity index is 627. The van der Waals surface area contributed by atoms with Crippen molar-refractivity contribution in [2.75, 3.05) is 5.73 Å². The summed E-state index contributed by atoms with van der Waals surface area (Å²) in [5, 5.41) is 4.43. The van der Waals surface area contributed by atoms with Gasteiger partial charge in [0.05, 0.1) is 17.0 Å². The molecule has 1 aromatic heterocycles. The number of aromatic nitrogens is 2. The zero-order chi connectivity index (χ0) is 15.4. The third-order valence-electron chi connectivity index (χ3n) is 3.26. The van der Waals surface area contributed by atoms with Crippen LogP contribution in [0.1, 0.15) is 41.2 Å². The van der Waals surface area contributed by atoms with Gasteiger partial charge in [0.2, 0.25) is 0 Å². The van der Waals surface area contributed by atoms with Gasteiger partial charge >= 0.3 is 5.97 Å². The molecule has 2 N–H and O–H groups in total. The number of esters is 1. The van der Waals surface area contributed by atoms with Gasteiger partial charge in [0.1, 0.15) is 6.61 Å². The molecule has 0 radical (unpaired) electrons. The Morgan fingerprint density at radius 1 is 1.29 bits per heavy atom. The Morgan fingerprint density at radius 2 is 2.05 bits per heavy atom. The number of anilines is 1. The van der Waals surface area contributed by atoms with Crippen molar-refractivity contribution in [2.45, 2.75) is 40.3 Å². The van der Waals surface area contributed by atoms with Crippen LogP contribution >= 0.6 is 0 Å². The standard InChI is InChI=1S/C16H21N3O2/c1-4-14-9-15(19(5-2)18-14)10-21-16(20)12-6-11(3)7-13(17)8-12/h6-9H,4-5,10,17H2,1-3H3. The Kier molecular flexibility index (Phi) is 4.62. The van der Waals surface area contributed by atoms with Crippen molar-refractivity contribution in [3.63, 3.8) is 0 Å². The normalized spacial score (nSPS) is 10.6. The van der Waals surface area contributed by atoms with Gasteiger partial charge in [-0.3, -0.25) is 4.68 Å². The molecule has 5 heteroatoms. The smallest absolute Gasteiger partial charge is 0.338 e. The number of hydrogen-bond donors (Lipinski definition) is 1. The van der Waals surface area contributed by atoms with Crippen LogP contribution in [-0.2, 0) is 24.3 Å².